The number of carbonyl (C=O) groups excluding carboxylic acids is 2. The minimum absolute atomic E-state index is 0.184. The summed E-state index contributed by atoms with van der Waals surface area (Å²) >= 11 is 0. The van der Waals surface area contributed by atoms with Gasteiger partial charge in [0.25, 0.3) is 22.9 Å². The van der Waals surface area contributed by atoms with E-state index in [9.17, 15) is 32.3 Å². The normalized spacial score (nSPS) is 11.3. The number of carbonyl (C=O) groups is 2. The first-order valence-corrected chi connectivity index (χ1v) is 8.01. The molecule has 2 amide bonds. The van der Waals surface area contributed by atoms with Crippen LogP contribution in [-0.4, -0.2) is 26.6 Å². The molecule has 3 aromatic rings. The SMILES string of the molecule is O=C(Cn1cccc(C(F)(F)F)c1=O)NNC(=O)c1n[nH]c(=O)c2ccccc12. The molecule has 0 radical (unpaired) electrons. The van der Waals surface area contributed by atoms with Crippen molar-refractivity contribution < 1.29 is 22.8 Å². The molecule has 3 rings (SSSR count). The van der Waals surface area contributed by atoms with Gasteiger partial charge in [0, 0.05) is 11.6 Å². The van der Waals surface area contributed by atoms with Crippen LogP contribution in [0.1, 0.15) is 16.1 Å². The summed E-state index contributed by atoms with van der Waals surface area (Å²) in [6.45, 7) is -0.761. The van der Waals surface area contributed by atoms with Crippen molar-refractivity contribution in [2.24, 2.45) is 0 Å². The molecular weight excluding hydrogens is 395 g/mol. The van der Waals surface area contributed by atoms with Crippen molar-refractivity contribution in [3.05, 3.63) is 74.6 Å². The van der Waals surface area contributed by atoms with E-state index in [1.807, 2.05) is 10.9 Å². The average molecular weight is 407 g/mol. The summed E-state index contributed by atoms with van der Waals surface area (Å²) in [5, 5.41) is 6.22. The topological polar surface area (TPSA) is 126 Å². The number of H-pyrrole nitrogens is 1. The highest BCUT2D eigenvalue weighted by atomic mass is 19.4. The first-order chi connectivity index (χ1) is 13.7. The molecule has 0 unspecified atom stereocenters. The minimum atomic E-state index is -4.86. The van der Waals surface area contributed by atoms with Crippen LogP contribution in [0.3, 0.4) is 0 Å². The van der Waals surface area contributed by atoms with Crippen LogP contribution in [0.2, 0.25) is 0 Å². The van der Waals surface area contributed by atoms with Crippen LogP contribution in [0.5, 0.6) is 0 Å². The number of alkyl halides is 3. The van der Waals surface area contributed by atoms with E-state index in [-0.39, 0.29) is 16.5 Å². The Balaban J connectivity index is 1.73. The Bertz CT molecular complexity index is 1220. The Morgan fingerprint density at radius 2 is 1.72 bits per heavy atom. The van der Waals surface area contributed by atoms with E-state index in [2.05, 4.69) is 10.2 Å². The number of fused-ring (bicyclic) bond motifs is 1. The maximum absolute atomic E-state index is 12.8. The van der Waals surface area contributed by atoms with Gasteiger partial charge in [-0.3, -0.25) is 30.0 Å². The van der Waals surface area contributed by atoms with Gasteiger partial charge in [-0.05, 0) is 18.2 Å². The smallest absolute Gasteiger partial charge is 0.306 e. The lowest BCUT2D eigenvalue weighted by molar-refractivity contribution is -0.139. The third kappa shape index (κ3) is 4.15. The molecule has 2 heterocycles. The first-order valence-electron chi connectivity index (χ1n) is 8.01. The first kappa shape index (κ1) is 19.8. The molecule has 2 aromatic heterocycles. The standard InChI is InChI=1S/C17H12F3N5O4/c18-17(19,20)11-6-3-7-25(16(11)29)8-12(26)21-24-15(28)13-9-4-1-2-5-10(9)14(27)23-22-13/h1-7H,8H2,(H,21,26)(H,23,27)(H,24,28). The molecule has 12 heteroatoms. The van der Waals surface area contributed by atoms with E-state index in [0.717, 1.165) is 12.3 Å². The predicted molar refractivity (Wildman–Crippen MR) is 93.7 cm³/mol. The van der Waals surface area contributed by atoms with Crippen molar-refractivity contribution in [2.75, 3.05) is 0 Å². The van der Waals surface area contributed by atoms with Gasteiger partial charge in [0.05, 0.1) is 5.39 Å². The van der Waals surface area contributed by atoms with Gasteiger partial charge in [-0.1, -0.05) is 18.2 Å². The number of nitrogens with zero attached hydrogens (tertiary/aromatic N) is 2. The zero-order valence-electron chi connectivity index (χ0n) is 14.4. The Morgan fingerprint density at radius 1 is 1.03 bits per heavy atom. The summed E-state index contributed by atoms with van der Waals surface area (Å²) < 4.78 is 38.8. The number of aromatic amines is 1. The Kier molecular flexibility index (Phi) is 5.17. The number of halogens is 3. The third-order valence-electron chi connectivity index (χ3n) is 3.87. The molecule has 0 bridgehead atoms. The number of pyridine rings is 1. The van der Waals surface area contributed by atoms with Crippen LogP contribution in [0.15, 0.2) is 52.2 Å². The third-order valence-corrected chi connectivity index (χ3v) is 3.87. The fraction of sp³-hybridized carbons (Fsp3) is 0.118. The number of hydrogen-bond acceptors (Lipinski definition) is 5. The van der Waals surface area contributed by atoms with Crippen molar-refractivity contribution in [3.8, 4) is 0 Å². The molecule has 0 atom stereocenters. The second kappa shape index (κ2) is 7.58. The van der Waals surface area contributed by atoms with E-state index in [0.29, 0.717) is 10.6 Å². The number of benzene rings is 1. The van der Waals surface area contributed by atoms with Crippen LogP contribution in [0.25, 0.3) is 10.8 Å². The van der Waals surface area contributed by atoms with Crippen LogP contribution >= 0.6 is 0 Å². The number of aromatic nitrogens is 3. The Hall–Kier alpha value is -3.96. The summed E-state index contributed by atoms with van der Waals surface area (Å²) in [7, 11) is 0. The molecule has 0 aliphatic heterocycles. The van der Waals surface area contributed by atoms with E-state index < -0.39 is 41.2 Å². The fourth-order valence-corrected chi connectivity index (χ4v) is 2.54. The summed E-state index contributed by atoms with van der Waals surface area (Å²) in [6.07, 6.45) is -3.85. The van der Waals surface area contributed by atoms with Gasteiger partial charge in [0.15, 0.2) is 5.69 Å². The molecule has 0 spiro atoms. The molecule has 3 N–H and O–H groups in total. The van der Waals surface area contributed by atoms with Gasteiger partial charge in [0.1, 0.15) is 12.1 Å². The lowest BCUT2D eigenvalue weighted by atomic mass is 10.1. The fourth-order valence-electron chi connectivity index (χ4n) is 2.54. The summed E-state index contributed by atoms with van der Waals surface area (Å²) in [6, 6.07) is 7.71. The van der Waals surface area contributed by atoms with Crippen molar-refractivity contribution in [1.82, 2.24) is 25.6 Å². The number of amides is 2. The highest BCUT2D eigenvalue weighted by Crippen LogP contribution is 2.25. The molecule has 150 valence electrons. The lowest BCUT2D eigenvalue weighted by Crippen LogP contribution is -2.45. The number of rotatable bonds is 3. The highest BCUT2D eigenvalue weighted by Gasteiger charge is 2.34. The molecule has 0 aliphatic rings. The minimum Gasteiger partial charge on any atom is -0.306 e. The van der Waals surface area contributed by atoms with E-state index >= 15 is 0 Å². The second-order valence-corrected chi connectivity index (χ2v) is 5.80. The van der Waals surface area contributed by atoms with Crippen molar-refractivity contribution >= 4 is 22.6 Å². The number of hydrogen-bond donors (Lipinski definition) is 3. The maximum Gasteiger partial charge on any atom is 0.421 e. The van der Waals surface area contributed by atoms with E-state index in [4.69, 9.17) is 0 Å². The average Bonchev–Trinajstić information content (AvgIpc) is 2.67. The van der Waals surface area contributed by atoms with E-state index in [1.165, 1.54) is 12.1 Å². The van der Waals surface area contributed by atoms with Gasteiger partial charge < -0.3 is 4.57 Å². The quantitative estimate of drug-likeness (QED) is 0.547. The molecule has 0 fully saturated rings. The molecule has 1 aromatic carbocycles. The van der Waals surface area contributed by atoms with Crippen LogP contribution < -0.4 is 22.0 Å². The van der Waals surface area contributed by atoms with Crippen LogP contribution in [0, 0.1) is 0 Å². The van der Waals surface area contributed by atoms with Gasteiger partial charge >= 0.3 is 6.18 Å². The van der Waals surface area contributed by atoms with Gasteiger partial charge in [-0.2, -0.15) is 18.3 Å². The van der Waals surface area contributed by atoms with Crippen molar-refractivity contribution in [1.29, 1.82) is 0 Å². The number of nitrogens with one attached hydrogen (secondary N) is 3. The number of hydrazine groups is 1. The largest absolute Gasteiger partial charge is 0.421 e. The predicted octanol–water partition coefficient (Wildman–Crippen LogP) is 0.565. The maximum atomic E-state index is 12.8. The molecule has 9 nitrogen and oxygen atoms in total. The van der Waals surface area contributed by atoms with Crippen LogP contribution in [-0.2, 0) is 17.5 Å². The van der Waals surface area contributed by atoms with Crippen LogP contribution in [0.4, 0.5) is 13.2 Å². The monoisotopic (exact) mass is 407 g/mol. The Morgan fingerprint density at radius 3 is 2.41 bits per heavy atom. The van der Waals surface area contributed by atoms with Crippen molar-refractivity contribution in [2.45, 2.75) is 12.7 Å². The zero-order chi connectivity index (χ0) is 21.2. The zero-order valence-corrected chi connectivity index (χ0v) is 14.4. The molecule has 0 saturated heterocycles. The van der Waals surface area contributed by atoms with Crippen molar-refractivity contribution in [3.63, 3.8) is 0 Å². The van der Waals surface area contributed by atoms with E-state index in [1.54, 1.807) is 12.1 Å². The summed E-state index contributed by atoms with van der Waals surface area (Å²) in [5.74, 6) is -1.82. The Labute approximate surface area is 159 Å². The molecule has 0 aliphatic carbocycles. The second-order valence-electron chi connectivity index (χ2n) is 5.80. The van der Waals surface area contributed by atoms with Gasteiger partial charge in [-0.15, -0.1) is 0 Å². The summed E-state index contributed by atoms with van der Waals surface area (Å²) in [5.41, 5.74) is 0.515. The molecular formula is C17H12F3N5O4. The van der Waals surface area contributed by atoms with Gasteiger partial charge in [-0.25, -0.2) is 5.10 Å². The lowest BCUT2D eigenvalue weighted by Gasteiger charge is -2.11. The highest BCUT2D eigenvalue weighted by molar-refractivity contribution is 6.05. The summed E-state index contributed by atoms with van der Waals surface area (Å²) in [4.78, 5) is 47.7. The molecule has 0 saturated carbocycles. The molecule has 29 heavy (non-hydrogen) atoms. The van der Waals surface area contributed by atoms with Gasteiger partial charge in [0.2, 0.25) is 0 Å².